The van der Waals surface area contributed by atoms with E-state index in [2.05, 4.69) is 9.88 Å². The highest BCUT2D eigenvalue weighted by Gasteiger charge is 2.24. The van der Waals surface area contributed by atoms with E-state index >= 15 is 0 Å². The smallest absolute Gasteiger partial charge is 0.181 e. The Morgan fingerprint density at radius 2 is 2.57 bits per heavy atom. The maximum atomic E-state index is 9.15. The van der Waals surface area contributed by atoms with Crippen LogP contribution < -0.4 is 0 Å². The highest BCUT2D eigenvalue weighted by Crippen LogP contribution is 2.20. The molecule has 2 heterocycles. The zero-order chi connectivity index (χ0) is 9.97. The fourth-order valence-corrected chi connectivity index (χ4v) is 1.98. The van der Waals surface area contributed by atoms with Crippen molar-refractivity contribution in [3.8, 4) is 0 Å². The Morgan fingerprint density at radius 1 is 1.71 bits per heavy atom. The Morgan fingerprint density at radius 3 is 3.21 bits per heavy atom. The molecule has 4 nitrogen and oxygen atoms in total. The number of oxazole rings is 1. The van der Waals surface area contributed by atoms with Gasteiger partial charge in [0, 0.05) is 12.6 Å². The zero-order valence-corrected chi connectivity index (χ0v) is 8.44. The molecule has 1 aliphatic heterocycles. The molecule has 0 bridgehead atoms. The highest BCUT2D eigenvalue weighted by molar-refractivity contribution is 5.05. The van der Waals surface area contributed by atoms with Crippen LogP contribution in [0.1, 0.15) is 24.3 Å². The van der Waals surface area contributed by atoms with E-state index in [0.29, 0.717) is 6.04 Å². The summed E-state index contributed by atoms with van der Waals surface area (Å²) in [5.41, 5.74) is 0.991. The minimum absolute atomic E-state index is 0.247. The monoisotopic (exact) mass is 196 g/mol. The van der Waals surface area contributed by atoms with E-state index in [4.69, 9.17) is 9.52 Å². The first-order chi connectivity index (χ1) is 6.81. The Balaban J connectivity index is 2.00. The molecule has 1 aromatic heterocycles. The first kappa shape index (κ1) is 9.68. The molecule has 0 radical (unpaired) electrons. The molecule has 4 heteroatoms. The number of aliphatic hydroxyl groups is 1. The van der Waals surface area contributed by atoms with Gasteiger partial charge in [-0.3, -0.25) is 4.90 Å². The van der Waals surface area contributed by atoms with Crippen molar-refractivity contribution in [3.05, 3.63) is 17.8 Å². The minimum Gasteiger partial charge on any atom is -0.448 e. The number of hydrogen-bond acceptors (Lipinski definition) is 4. The number of likely N-dealkylation sites (tertiary alicyclic amines) is 1. The van der Waals surface area contributed by atoms with Gasteiger partial charge < -0.3 is 9.52 Å². The van der Waals surface area contributed by atoms with Gasteiger partial charge in [0.05, 0.1) is 12.3 Å². The van der Waals surface area contributed by atoms with Gasteiger partial charge in [0.15, 0.2) is 6.39 Å². The van der Waals surface area contributed by atoms with E-state index in [1.54, 1.807) is 0 Å². The van der Waals surface area contributed by atoms with Crippen molar-refractivity contribution >= 4 is 0 Å². The SMILES string of the molecule is Cc1ocnc1CN1CCC[C@H]1CO. The van der Waals surface area contributed by atoms with Crippen molar-refractivity contribution in [2.45, 2.75) is 32.4 Å². The summed E-state index contributed by atoms with van der Waals surface area (Å²) in [5, 5.41) is 9.15. The van der Waals surface area contributed by atoms with Gasteiger partial charge >= 0.3 is 0 Å². The lowest BCUT2D eigenvalue weighted by Crippen LogP contribution is -2.31. The molecule has 0 amide bonds. The van der Waals surface area contributed by atoms with Crippen molar-refractivity contribution < 1.29 is 9.52 Å². The van der Waals surface area contributed by atoms with E-state index < -0.39 is 0 Å². The second kappa shape index (κ2) is 4.11. The van der Waals surface area contributed by atoms with Gasteiger partial charge in [-0.15, -0.1) is 0 Å². The van der Waals surface area contributed by atoms with Crippen molar-refractivity contribution in [1.82, 2.24) is 9.88 Å². The summed E-state index contributed by atoms with van der Waals surface area (Å²) < 4.78 is 5.14. The number of aryl methyl sites for hydroxylation is 1. The average Bonchev–Trinajstić information content (AvgIpc) is 2.77. The third-order valence-corrected chi connectivity index (χ3v) is 2.91. The Hall–Kier alpha value is -0.870. The maximum absolute atomic E-state index is 9.15. The van der Waals surface area contributed by atoms with Gasteiger partial charge in [-0.05, 0) is 26.3 Å². The van der Waals surface area contributed by atoms with Crippen molar-refractivity contribution in [1.29, 1.82) is 0 Å². The molecule has 78 valence electrons. The number of aliphatic hydroxyl groups excluding tert-OH is 1. The first-order valence-corrected chi connectivity index (χ1v) is 5.05. The van der Waals surface area contributed by atoms with Crippen LogP contribution in [-0.2, 0) is 6.54 Å². The van der Waals surface area contributed by atoms with Gasteiger partial charge in [-0.1, -0.05) is 0 Å². The highest BCUT2D eigenvalue weighted by atomic mass is 16.3. The fourth-order valence-electron chi connectivity index (χ4n) is 1.98. The second-order valence-electron chi connectivity index (χ2n) is 3.80. The van der Waals surface area contributed by atoms with Gasteiger partial charge in [-0.2, -0.15) is 0 Å². The van der Waals surface area contributed by atoms with Crippen molar-refractivity contribution in [2.75, 3.05) is 13.2 Å². The van der Waals surface area contributed by atoms with E-state index in [-0.39, 0.29) is 6.61 Å². The van der Waals surface area contributed by atoms with Crippen LogP contribution >= 0.6 is 0 Å². The summed E-state index contributed by atoms with van der Waals surface area (Å²) in [6, 6.07) is 0.311. The zero-order valence-electron chi connectivity index (χ0n) is 8.44. The van der Waals surface area contributed by atoms with Crippen LogP contribution in [0.5, 0.6) is 0 Å². The third kappa shape index (κ3) is 1.81. The molecule has 1 atom stereocenters. The Labute approximate surface area is 83.5 Å². The van der Waals surface area contributed by atoms with E-state index in [1.807, 2.05) is 6.92 Å². The molecule has 1 aliphatic rings. The van der Waals surface area contributed by atoms with Gasteiger partial charge in [-0.25, -0.2) is 4.98 Å². The minimum atomic E-state index is 0.247. The number of nitrogens with zero attached hydrogens (tertiary/aromatic N) is 2. The first-order valence-electron chi connectivity index (χ1n) is 5.05. The standard InChI is InChI=1S/C10H16N2O2/c1-8-10(11-7-14-8)5-12-4-2-3-9(12)6-13/h7,9,13H,2-6H2,1H3/t9-/m0/s1. The molecule has 1 aromatic rings. The van der Waals surface area contributed by atoms with Crippen LogP contribution in [0.25, 0.3) is 0 Å². The number of hydrogen-bond donors (Lipinski definition) is 1. The summed E-state index contributed by atoms with van der Waals surface area (Å²) in [4.78, 5) is 6.43. The molecular formula is C10H16N2O2. The van der Waals surface area contributed by atoms with Crippen LogP contribution in [0.15, 0.2) is 10.8 Å². The molecule has 1 N–H and O–H groups in total. The summed E-state index contributed by atoms with van der Waals surface area (Å²) in [5.74, 6) is 0.883. The molecule has 0 unspecified atom stereocenters. The molecule has 0 saturated carbocycles. The van der Waals surface area contributed by atoms with E-state index in [1.165, 1.54) is 12.8 Å². The van der Waals surface area contributed by atoms with Crippen molar-refractivity contribution in [3.63, 3.8) is 0 Å². The maximum Gasteiger partial charge on any atom is 0.181 e. The molecule has 2 rings (SSSR count). The Kier molecular flexibility index (Phi) is 2.84. The van der Waals surface area contributed by atoms with Gasteiger partial charge in [0.25, 0.3) is 0 Å². The topological polar surface area (TPSA) is 49.5 Å². The largest absolute Gasteiger partial charge is 0.448 e. The lowest BCUT2D eigenvalue weighted by molar-refractivity contribution is 0.152. The van der Waals surface area contributed by atoms with Crippen LogP contribution in [0.4, 0.5) is 0 Å². The average molecular weight is 196 g/mol. The normalized spacial score (nSPS) is 23.1. The van der Waals surface area contributed by atoms with Crippen LogP contribution in [-0.4, -0.2) is 34.2 Å². The predicted molar refractivity (Wildman–Crippen MR) is 51.8 cm³/mol. The van der Waals surface area contributed by atoms with E-state index in [9.17, 15) is 0 Å². The number of aromatic nitrogens is 1. The van der Waals surface area contributed by atoms with Crippen molar-refractivity contribution in [2.24, 2.45) is 0 Å². The molecule has 14 heavy (non-hydrogen) atoms. The van der Waals surface area contributed by atoms with Crippen LogP contribution in [0, 0.1) is 6.92 Å². The Bertz CT molecular complexity index is 298. The fraction of sp³-hybridized carbons (Fsp3) is 0.700. The quantitative estimate of drug-likeness (QED) is 0.781. The van der Waals surface area contributed by atoms with Gasteiger partial charge in [0.1, 0.15) is 5.76 Å². The molecular weight excluding hydrogens is 180 g/mol. The molecule has 0 aliphatic carbocycles. The summed E-state index contributed by atoms with van der Waals surface area (Å²) in [7, 11) is 0. The van der Waals surface area contributed by atoms with Crippen LogP contribution in [0.3, 0.4) is 0 Å². The molecule has 0 spiro atoms. The number of rotatable bonds is 3. The molecule has 1 fully saturated rings. The van der Waals surface area contributed by atoms with Crippen LogP contribution in [0.2, 0.25) is 0 Å². The lowest BCUT2D eigenvalue weighted by atomic mass is 10.2. The molecule has 0 aromatic carbocycles. The summed E-state index contributed by atoms with van der Waals surface area (Å²) in [6.07, 6.45) is 3.74. The summed E-state index contributed by atoms with van der Waals surface area (Å²) in [6.45, 7) is 4.02. The lowest BCUT2D eigenvalue weighted by Gasteiger charge is -2.21. The molecule has 1 saturated heterocycles. The summed E-state index contributed by atoms with van der Waals surface area (Å²) >= 11 is 0. The van der Waals surface area contributed by atoms with E-state index in [0.717, 1.165) is 31.0 Å². The van der Waals surface area contributed by atoms with Gasteiger partial charge in [0.2, 0.25) is 0 Å². The predicted octanol–water partition coefficient (Wildman–Crippen LogP) is 0.940. The third-order valence-electron chi connectivity index (χ3n) is 2.91. The second-order valence-corrected chi connectivity index (χ2v) is 3.80.